The highest BCUT2D eigenvalue weighted by molar-refractivity contribution is 9.13. The number of carbonyl (C=O) groups excluding carboxylic acids is 1. The summed E-state index contributed by atoms with van der Waals surface area (Å²) in [5.41, 5.74) is 1.01. The third-order valence-electron chi connectivity index (χ3n) is 2.71. The van der Waals surface area contributed by atoms with Crippen molar-refractivity contribution in [3.05, 3.63) is 37.2 Å². The lowest BCUT2D eigenvalue weighted by Crippen LogP contribution is -2.27. The van der Waals surface area contributed by atoms with Gasteiger partial charge in [-0.25, -0.2) is 0 Å². The van der Waals surface area contributed by atoms with Gasteiger partial charge in [0, 0.05) is 17.2 Å². The second-order valence-corrected chi connectivity index (χ2v) is 7.22. The maximum Gasteiger partial charge on any atom is 0.261 e. The molecule has 2 aromatic rings. The normalized spacial score (nSPS) is 12.4. The zero-order valence-corrected chi connectivity index (χ0v) is 14.5. The van der Waals surface area contributed by atoms with Crippen LogP contribution in [0.4, 0.5) is 0 Å². The van der Waals surface area contributed by atoms with Crippen molar-refractivity contribution in [1.29, 1.82) is 0 Å². The summed E-state index contributed by atoms with van der Waals surface area (Å²) >= 11 is 8.18. The molecule has 0 spiro atoms. The van der Waals surface area contributed by atoms with E-state index in [2.05, 4.69) is 42.3 Å². The van der Waals surface area contributed by atoms with Crippen LogP contribution in [0, 0.1) is 0 Å². The smallest absolute Gasteiger partial charge is 0.261 e. The largest absolute Gasteiger partial charge is 0.343 e. The minimum atomic E-state index is -0.0762. The molecule has 0 radical (unpaired) electrons. The Balaban J connectivity index is 2.10. The number of hydrogen-bond acceptors (Lipinski definition) is 3. The van der Waals surface area contributed by atoms with E-state index in [0.29, 0.717) is 4.88 Å². The third-order valence-corrected chi connectivity index (χ3v) is 5.96. The highest BCUT2D eigenvalue weighted by atomic mass is 79.9. The van der Waals surface area contributed by atoms with E-state index in [1.54, 1.807) is 6.20 Å². The van der Waals surface area contributed by atoms with Crippen LogP contribution < -0.4 is 5.32 Å². The Hall–Kier alpha value is -0.660. The van der Waals surface area contributed by atoms with Crippen molar-refractivity contribution >= 4 is 49.1 Å². The molecule has 19 heavy (non-hydrogen) atoms. The summed E-state index contributed by atoms with van der Waals surface area (Å²) in [6, 6.07) is 3.66. The molecule has 0 aliphatic rings. The number of aromatic nitrogens is 2. The predicted molar refractivity (Wildman–Crippen MR) is 83.5 cm³/mol. The van der Waals surface area contributed by atoms with Gasteiger partial charge >= 0.3 is 0 Å². The maximum atomic E-state index is 12.1. The summed E-state index contributed by atoms with van der Waals surface area (Å²) in [6.07, 6.45) is 1.75. The van der Waals surface area contributed by atoms with Crippen molar-refractivity contribution in [2.24, 2.45) is 0 Å². The van der Waals surface area contributed by atoms with Crippen molar-refractivity contribution in [3.8, 4) is 0 Å². The van der Waals surface area contributed by atoms with Gasteiger partial charge < -0.3 is 5.32 Å². The van der Waals surface area contributed by atoms with E-state index in [0.717, 1.165) is 20.5 Å². The summed E-state index contributed by atoms with van der Waals surface area (Å²) in [5.74, 6) is -0.0762. The third kappa shape index (κ3) is 3.27. The molecule has 1 unspecified atom stereocenters. The number of rotatable bonds is 4. The summed E-state index contributed by atoms with van der Waals surface area (Å²) in [7, 11) is 0. The van der Waals surface area contributed by atoms with Gasteiger partial charge in [-0.2, -0.15) is 5.10 Å². The van der Waals surface area contributed by atoms with E-state index in [-0.39, 0.29) is 11.9 Å². The van der Waals surface area contributed by atoms with Crippen molar-refractivity contribution in [2.75, 3.05) is 0 Å². The van der Waals surface area contributed by atoms with E-state index in [4.69, 9.17) is 0 Å². The fourth-order valence-corrected chi connectivity index (χ4v) is 3.71. The fourth-order valence-electron chi connectivity index (χ4n) is 1.78. The van der Waals surface area contributed by atoms with Crippen LogP contribution in [0.2, 0.25) is 0 Å². The molecule has 0 saturated heterocycles. The predicted octanol–water partition coefficient (Wildman–Crippen LogP) is 3.98. The molecule has 0 saturated carbocycles. The molecule has 0 aromatic carbocycles. The van der Waals surface area contributed by atoms with Crippen LogP contribution in [-0.4, -0.2) is 15.7 Å². The molecular weight excluding hydrogens is 394 g/mol. The van der Waals surface area contributed by atoms with E-state index >= 15 is 0 Å². The zero-order chi connectivity index (χ0) is 14.0. The van der Waals surface area contributed by atoms with Gasteiger partial charge in [0.2, 0.25) is 0 Å². The summed E-state index contributed by atoms with van der Waals surface area (Å²) in [6.45, 7) is 4.77. The number of amides is 1. The van der Waals surface area contributed by atoms with E-state index in [1.807, 2.05) is 30.7 Å². The SMILES string of the molecule is CCn1nccc1C(C)NC(=O)c1cc(Br)c(Br)s1. The lowest BCUT2D eigenvalue weighted by molar-refractivity contribution is 0.0942. The molecule has 2 heterocycles. The van der Waals surface area contributed by atoms with Gasteiger partial charge in [0.05, 0.1) is 20.4 Å². The Morgan fingerprint density at radius 3 is 2.89 bits per heavy atom. The summed E-state index contributed by atoms with van der Waals surface area (Å²) in [4.78, 5) is 12.8. The van der Waals surface area contributed by atoms with E-state index in [9.17, 15) is 4.79 Å². The standard InChI is InChI=1S/C12H13Br2N3OS/c1-3-17-9(4-5-15-17)7(2)16-12(18)10-6-8(13)11(14)19-10/h4-7H,3H2,1-2H3,(H,16,18). The van der Waals surface area contributed by atoms with Gasteiger partial charge in [-0.15, -0.1) is 11.3 Å². The lowest BCUT2D eigenvalue weighted by Gasteiger charge is -2.14. The van der Waals surface area contributed by atoms with Crippen LogP contribution in [0.15, 0.2) is 26.6 Å². The number of halogens is 2. The van der Waals surface area contributed by atoms with Crippen LogP contribution in [0.3, 0.4) is 0 Å². The second kappa shape index (κ2) is 6.19. The molecule has 0 fully saturated rings. The molecule has 2 aromatic heterocycles. The molecule has 1 N–H and O–H groups in total. The minimum absolute atomic E-state index is 0.0744. The zero-order valence-electron chi connectivity index (χ0n) is 10.5. The van der Waals surface area contributed by atoms with E-state index < -0.39 is 0 Å². The lowest BCUT2D eigenvalue weighted by atomic mass is 10.2. The molecular formula is C12H13Br2N3OS. The Morgan fingerprint density at radius 2 is 2.32 bits per heavy atom. The average molecular weight is 407 g/mol. The van der Waals surface area contributed by atoms with Crippen molar-refractivity contribution < 1.29 is 4.79 Å². The highest BCUT2D eigenvalue weighted by Gasteiger charge is 2.17. The molecule has 1 amide bonds. The molecule has 0 bridgehead atoms. The molecule has 2 rings (SSSR count). The maximum absolute atomic E-state index is 12.1. The van der Waals surface area contributed by atoms with Crippen LogP contribution in [0.25, 0.3) is 0 Å². The van der Waals surface area contributed by atoms with Gasteiger partial charge in [-0.3, -0.25) is 9.48 Å². The molecule has 4 nitrogen and oxygen atoms in total. The van der Waals surface area contributed by atoms with Gasteiger partial charge in [0.25, 0.3) is 5.91 Å². The Morgan fingerprint density at radius 1 is 1.58 bits per heavy atom. The van der Waals surface area contributed by atoms with Crippen molar-refractivity contribution in [2.45, 2.75) is 26.4 Å². The number of carbonyl (C=O) groups is 1. The van der Waals surface area contributed by atoms with Gasteiger partial charge in [0.15, 0.2) is 0 Å². The Bertz CT molecular complexity index is 574. The quantitative estimate of drug-likeness (QED) is 0.834. The summed E-state index contributed by atoms with van der Waals surface area (Å²) in [5, 5.41) is 7.19. The number of nitrogens with zero attached hydrogens (tertiary/aromatic N) is 2. The fraction of sp³-hybridized carbons (Fsp3) is 0.333. The Kier molecular flexibility index (Phi) is 4.81. The molecule has 102 valence electrons. The van der Waals surface area contributed by atoms with Crippen LogP contribution in [-0.2, 0) is 6.54 Å². The monoisotopic (exact) mass is 405 g/mol. The molecule has 0 aliphatic carbocycles. The number of thiophene rings is 1. The van der Waals surface area contributed by atoms with Gasteiger partial charge in [-0.05, 0) is 57.8 Å². The molecule has 1 atom stereocenters. The van der Waals surface area contributed by atoms with Crippen LogP contribution in [0.1, 0.15) is 35.3 Å². The summed E-state index contributed by atoms with van der Waals surface area (Å²) < 4.78 is 3.70. The van der Waals surface area contributed by atoms with Crippen LogP contribution >= 0.6 is 43.2 Å². The van der Waals surface area contributed by atoms with Gasteiger partial charge in [-0.1, -0.05) is 0 Å². The van der Waals surface area contributed by atoms with Crippen LogP contribution in [0.5, 0.6) is 0 Å². The highest BCUT2D eigenvalue weighted by Crippen LogP contribution is 2.32. The Labute approximate surface area is 132 Å². The first kappa shape index (κ1) is 14.7. The van der Waals surface area contributed by atoms with Gasteiger partial charge in [0.1, 0.15) is 0 Å². The topological polar surface area (TPSA) is 46.9 Å². The number of aryl methyl sites for hydroxylation is 1. The molecule has 0 aliphatic heterocycles. The number of nitrogens with one attached hydrogen (secondary N) is 1. The minimum Gasteiger partial charge on any atom is -0.343 e. The van der Waals surface area contributed by atoms with E-state index in [1.165, 1.54) is 11.3 Å². The van der Waals surface area contributed by atoms with Crippen molar-refractivity contribution in [1.82, 2.24) is 15.1 Å². The average Bonchev–Trinajstić information content (AvgIpc) is 2.96. The first-order chi connectivity index (χ1) is 9.02. The number of hydrogen-bond donors (Lipinski definition) is 1. The first-order valence-electron chi connectivity index (χ1n) is 5.80. The van der Waals surface area contributed by atoms with Crippen molar-refractivity contribution in [3.63, 3.8) is 0 Å². The first-order valence-corrected chi connectivity index (χ1v) is 8.20. The molecule has 7 heteroatoms. The second-order valence-electron chi connectivity index (χ2n) is 4.00.